The van der Waals surface area contributed by atoms with Gasteiger partial charge in [-0.15, -0.1) is 0 Å². The third-order valence-corrected chi connectivity index (χ3v) is 3.70. The molecule has 1 aromatic rings. The van der Waals surface area contributed by atoms with Crippen LogP contribution in [0.15, 0.2) is 24.5 Å². The van der Waals surface area contributed by atoms with Crippen LogP contribution in [0.25, 0.3) is 0 Å². The van der Waals surface area contributed by atoms with Gasteiger partial charge in [0.15, 0.2) is 0 Å². The van der Waals surface area contributed by atoms with Crippen molar-refractivity contribution < 1.29 is 0 Å². The van der Waals surface area contributed by atoms with E-state index in [2.05, 4.69) is 4.98 Å². The van der Waals surface area contributed by atoms with Gasteiger partial charge in [0.05, 0.1) is 0 Å². The first-order chi connectivity index (χ1) is 3.93. The van der Waals surface area contributed by atoms with E-state index in [1.807, 2.05) is 18.3 Å². The van der Waals surface area contributed by atoms with Gasteiger partial charge in [-0.3, -0.25) is 0 Å². The van der Waals surface area contributed by atoms with Gasteiger partial charge in [-0.25, -0.2) is 0 Å². The molecule has 0 spiro atoms. The number of pyridine rings is 1. The summed E-state index contributed by atoms with van der Waals surface area (Å²) in [4.78, 5) is 3.91. The Kier molecular flexibility index (Phi) is 2.62. The molecule has 0 aliphatic carbocycles. The van der Waals surface area contributed by atoms with E-state index in [9.17, 15) is 0 Å². The molecule has 1 rings (SSSR count). The van der Waals surface area contributed by atoms with E-state index in [1.165, 1.54) is 3.58 Å². The molecule has 1 nitrogen and oxygen atoms in total. The zero-order chi connectivity index (χ0) is 5.82. The summed E-state index contributed by atoms with van der Waals surface area (Å²) in [6.07, 6.45) is 3.59. The van der Waals surface area contributed by atoms with E-state index in [1.54, 1.807) is 6.20 Å². The van der Waals surface area contributed by atoms with Crippen molar-refractivity contribution in [2.45, 2.75) is 0 Å². The molecular formula is C5H4ClNSn. The molecule has 8 heavy (non-hydrogen) atoms. The van der Waals surface area contributed by atoms with E-state index in [4.69, 9.17) is 8.92 Å². The minimum atomic E-state index is -0.734. The molecule has 0 aliphatic heterocycles. The average molecular weight is 232 g/mol. The molecule has 0 amide bonds. The second kappa shape index (κ2) is 3.30. The summed E-state index contributed by atoms with van der Waals surface area (Å²) in [5, 5.41) is 0. The number of aromatic nitrogens is 1. The normalized spacial score (nSPS) is 9.12. The molecule has 0 fully saturated rings. The van der Waals surface area contributed by atoms with Crippen LogP contribution in [-0.4, -0.2) is 25.0 Å². The molecule has 1 aromatic heterocycles. The second-order valence-electron chi connectivity index (χ2n) is 1.34. The Morgan fingerprint density at radius 1 is 1.62 bits per heavy atom. The fourth-order valence-electron chi connectivity index (χ4n) is 0.419. The fraction of sp³-hybridized carbons (Fsp3) is 0. The molecule has 1 heterocycles. The molecule has 0 aromatic carbocycles. The molecule has 0 bridgehead atoms. The number of nitrogens with zero attached hydrogens (tertiary/aromatic N) is 1. The summed E-state index contributed by atoms with van der Waals surface area (Å²) in [5.74, 6) is 0. The van der Waals surface area contributed by atoms with E-state index < -0.39 is 20.0 Å². The van der Waals surface area contributed by atoms with Crippen LogP contribution in [0.5, 0.6) is 0 Å². The Hall–Kier alpha value is 0.239. The maximum atomic E-state index is 5.66. The van der Waals surface area contributed by atoms with E-state index in [0.29, 0.717) is 0 Å². The predicted octanol–water partition coefficient (Wildman–Crippen LogP) is 0.565. The van der Waals surface area contributed by atoms with Crippen LogP contribution in [0.4, 0.5) is 0 Å². The molecule has 40 valence electrons. The van der Waals surface area contributed by atoms with Crippen LogP contribution in [-0.2, 0) is 0 Å². The maximum absolute atomic E-state index is 5.66. The Bertz CT molecular complexity index is 154. The van der Waals surface area contributed by atoms with Gasteiger partial charge in [0.2, 0.25) is 0 Å². The summed E-state index contributed by atoms with van der Waals surface area (Å²) in [5.41, 5.74) is 0. The zero-order valence-electron chi connectivity index (χ0n) is 4.13. The van der Waals surface area contributed by atoms with Gasteiger partial charge >= 0.3 is 62.0 Å². The molecule has 0 unspecified atom stereocenters. The summed E-state index contributed by atoms with van der Waals surface area (Å²) < 4.78 is 1.23. The molecule has 3 heteroatoms. The van der Waals surface area contributed by atoms with Gasteiger partial charge in [-0.2, -0.15) is 0 Å². The SMILES string of the molecule is [Cl][Sn][c]1cccnc1. The molecule has 0 saturated carbocycles. The number of hydrogen-bond donors (Lipinski definition) is 0. The van der Waals surface area contributed by atoms with Crippen molar-refractivity contribution in [1.82, 2.24) is 4.98 Å². The van der Waals surface area contributed by atoms with E-state index >= 15 is 0 Å². The Labute approximate surface area is 62.0 Å². The van der Waals surface area contributed by atoms with Crippen LogP contribution >= 0.6 is 8.92 Å². The van der Waals surface area contributed by atoms with E-state index in [0.717, 1.165) is 0 Å². The van der Waals surface area contributed by atoms with Crippen molar-refractivity contribution in [3.63, 3.8) is 0 Å². The third kappa shape index (κ3) is 1.63. The van der Waals surface area contributed by atoms with Gasteiger partial charge in [-0.05, 0) is 0 Å². The third-order valence-electron chi connectivity index (χ3n) is 0.771. The van der Waals surface area contributed by atoms with Gasteiger partial charge in [0.1, 0.15) is 0 Å². The number of halogens is 1. The minimum absolute atomic E-state index is 0.734. The summed E-state index contributed by atoms with van der Waals surface area (Å²) >= 11 is -0.734. The molecule has 0 aliphatic rings. The van der Waals surface area contributed by atoms with Crippen LogP contribution in [0.2, 0.25) is 0 Å². The summed E-state index contributed by atoms with van der Waals surface area (Å²) in [6, 6.07) is 3.94. The Morgan fingerprint density at radius 2 is 2.50 bits per heavy atom. The first-order valence-corrected chi connectivity index (χ1v) is 7.24. The van der Waals surface area contributed by atoms with Crippen LogP contribution in [0, 0.1) is 0 Å². The van der Waals surface area contributed by atoms with Crippen molar-refractivity contribution in [1.29, 1.82) is 0 Å². The molecule has 0 saturated heterocycles. The quantitative estimate of drug-likeness (QED) is 0.645. The molecule has 0 N–H and O–H groups in total. The second-order valence-corrected chi connectivity index (χ2v) is 4.79. The average Bonchev–Trinajstić information content (AvgIpc) is 1.90. The standard InChI is InChI=1S/C5H4N.ClH.Sn/c1-2-4-6-5-3-1;;/h1-2,4-5H;1H;/q;;+1/p-1. The van der Waals surface area contributed by atoms with Crippen LogP contribution < -0.4 is 3.58 Å². The molecule has 2 radical (unpaired) electrons. The topological polar surface area (TPSA) is 12.9 Å². The van der Waals surface area contributed by atoms with Gasteiger partial charge in [0, 0.05) is 0 Å². The molecule has 0 atom stereocenters. The molecular weight excluding hydrogens is 228 g/mol. The zero-order valence-corrected chi connectivity index (χ0v) is 7.74. The van der Waals surface area contributed by atoms with Crippen molar-refractivity contribution in [2.24, 2.45) is 0 Å². The predicted molar refractivity (Wildman–Crippen MR) is 35.5 cm³/mol. The van der Waals surface area contributed by atoms with Crippen LogP contribution in [0.3, 0.4) is 0 Å². The number of hydrogen-bond acceptors (Lipinski definition) is 1. The van der Waals surface area contributed by atoms with Gasteiger partial charge < -0.3 is 0 Å². The fourth-order valence-corrected chi connectivity index (χ4v) is 1.97. The summed E-state index contributed by atoms with van der Waals surface area (Å²) in [6.45, 7) is 0. The Balaban J connectivity index is 2.83. The van der Waals surface area contributed by atoms with Crippen molar-refractivity contribution >= 4 is 32.5 Å². The Morgan fingerprint density at radius 3 is 2.88 bits per heavy atom. The van der Waals surface area contributed by atoms with Gasteiger partial charge in [-0.1, -0.05) is 0 Å². The monoisotopic (exact) mass is 233 g/mol. The van der Waals surface area contributed by atoms with Gasteiger partial charge in [0.25, 0.3) is 0 Å². The van der Waals surface area contributed by atoms with Crippen molar-refractivity contribution in [3.05, 3.63) is 24.5 Å². The first-order valence-electron chi connectivity index (χ1n) is 2.20. The first kappa shape index (κ1) is 6.36. The van der Waals surface area contributed by atoms with Crippen molar-refractivity contribution in [3.8, 4) is 0 Å². The summed E-state index contributed by atoms with van der Waals surface area (Å²) in [7, 11) is 5.66. The van der Waals surface area contributed by atoms with E-state index in [-0.39, 0.29) is 0 Å². The number of rotatable bonds is 1. The van der Waals surface area contributed by atoms with Crippen molar-refractivity contribution in [2.75, 3.05) is 0 Å². The van der Waals surface area contributed by atoms with Crippen LogP contribution in [0.1, 0.15) is 0 Å².